The van der Waals surface area contributed by atoms with E-state index in [-0.39, 0.29) is 0 Å². The van der Waals surface area contributed by atoms with Crippen molar-refractivity contribution in [1.29, 1.82) is 0 Å². The van der Waals surface area contributed by atoms with E-state index in [9.17, 15) is 0 Å². The van der Waals surface area contributed by atoms with E-state index in [2.05, 4.69) is 50.4 Å². The highest BCUT2D eigenvalue weighted by molar-refractivity contribution is 5.27. The van der Waals surface area contributed by atoms with Crippen molar-refractivity contribution in [3.05, 3.63) is 35.4 Å². The lowest BCUT2D eigenvalue weighted by Gasteiger charge is -2.21. The second-order valence-corrected chi connectivity index (χ2v) is 5.12. The average Bonchev–Trinajstić information content (AvgIpc) is 2.61. The van der Waals surface area contributed by atoms with Crippen LogP contribution in [0.25, 0.3) is 0 Å². The van der Waals surface area contributed by atoms with Gasteiger partial charge in [-0.15, -0.1) is 0 Å². The van der Waals surface area contributed by atoms with Crippen molar-refractivity contribution in [1.82, 2.24) is 5.32 Å². The minimum Gasteiger partial charge on any atom is -0.314 e. The van der Waals surface area contributed by atoms with Gasteiger partial charge in [-0.25, -0.2) is 0 Å². The van der Waals surface area contributed by atoms with Gasteiger partial charge in [-0.05, 0) is 43.7 Å². The van der Waals surface area contributed by atoms with Crippen LogP contribution in [0.1, 0.15) is 43.7 Å². The zero-order valence-corrected chi connectivity index (χ0v) is 10.7. The molecule has 16 heavy (non-hydrogen) atoms. The van der Waals surface area contributed by atoms with Crippen molar-refractivity contribution in [3.63, 3.8) is 0 Å². The Morgan fingerprint density at radius 3 is 2.81 bits per heavy atom. The van der Waals surface area contributed by atoms with Gasteiger partial charge in [0.2, 0.25) is 0 Å². The molecule has 3 atom stereocenters. The summed E-state index contributed by atoms with van der Waals surface area (Å²) < 4.78 is 0. The highest BCUT2D eigenvalue weighted by atomic mass is 14.9. The summed E-state index contributed by atoms with van der Waals surface area (Å²) in [5.74, 6) is 1.52. The number of benzene rings is 1. The lowest BCUT2D eigenvalue weighted by atomic mass is 9.88. The molecule has 3 unspecified atom stereocenters. The maximum Gasteiger partial charge on any atom is 0.00986 e. The van der Waals surface area contributed by atoms with Crippen molar-refractivity contribution in [2.75, 3.05) is 6.54 Å². The Morgan fingerprint density at radius 1 is 1.31 bits per heavy atom. The fourth-order valence-electron chi connectivity index (χ4n) is 3.09. The minimum absolute atomic E-state index is 0.718. The minimum atomic E-state index is 0.718. The molecule has 0 spiro atoms. The summed E-state index contributed by atoms with van der Waals surface area (Å²) in [7, 11) is 0. The molecule has 1 heteroatoms. The number of nitrogens with one attached hydrogen (secondary N) is 1. The number of aryl methyl sites for hydroxylation is 1. The molecule has 0 aliphatic heterocycles. The molecule has 0 radical (unpaired) electrons. The van der Waals surface area contributed by atoms with Crippen LogP contribution < -0.4 is 5.32 Å². The van der Waals surface area contributed by atoms with E-state index in [0.29, 0.717) is 0 Å². The molecule has 2 rings (SSSR count). The monoisotopic (exact) mass is 217 g/mol. The Hall–Kier alpha value is -0.820. The summed E-state index contributed by atoms with van der Waals surface area (Å²) in [5.41, 5.74) is 2.92. The van der Waals surface area contributed by atoms with E-state index in [4.69, 9.17) is 0 Å². The van der Waals surface area contributed by atoms with Gasteiger partial charge in [0.1, 0.15) is 0 Å². The summed E-state index contributed by atoms with van der Waals surface area (Å²) in [6.45, 7) is 7.88. The van der Waals surface area contributed by atoms with E-state index in [1.165, 1.54) is 24.0 Å². The van der Waals surface area contributed by atoms with Gasteiger partial charge < -0.3 is 5.32 Å². The third-order valence-electron chi connectivity index (χ3n) is 3.99. The molecule has 0 bridgehead atoms. The van der Waals surface area contributed by atoms with Gasteiger partial charge in [0.05, 0.1) is 0 Å². The summed E-state index contributed by atoms with van der Waals surface area (Å²) >= 11 is 0. The molecule has 1 nitrogen and oxygen atoms in total. The molecule has 1 aliphatic rings. The predicted octanol–water partition coefficient (Wildman–Crippen LogP) is 3.49. The first-order valence-electron chi connectivity index (χ1n) is 6.52. The molecular formula is C15H23N. The largest absolute Gasteiger partial charge is 0.314 e. The van der Waals surface area contributed by atoms with Crippen molar-refractivity contribution in [3.8, 4) is 0 Å². The van der Waals surface area contributed by atoms with Crippen LogP contribution in [-0.2, 0) is 0 Å². The van der Waals surface area contributed by atoms with Crippen LogP contribution in [0.3, 0.4) is 0 Å². The van der Waals surface area contributed by atoms with Gasteiger partial charge in [0.25, 0.3) is 0 Å². The molecule has 0 heterocycles. The molecular weight excluding hydrogens is 194 g/mol. The van der Waals surface area contributed by atoms with E-state index in [1.807, 2.05) is 0 Å². The van der Waals surface area contributed by atoms with Gasteiger partial charge >= 0.3 is 0 Å². The van der Waals surface area contributed by atoms with Crippen molar-refractivity contribution in [2.45, 2.75) is 45.6 Å². The van der Waals surface area contributed by atoms with E-state index >= 15 is 0 Å². The highest BCUT2D eigenvalue weighted by Gasteiger charge is 2.32. The van der Waals surface area contributed by atoms with Crippen LogP contribution in [-0.4, -0.2) is 12.6 Å². The molecule has 1 aliphatic carbocycles. The zero-order chi connectivity index (χ0) is 11.5. The number of hydrogen-bond donors (Lipinski definition) is 1. The van der Waals surface area contributed by atoms with Crippen LogP contribution in [0.4, 0.5) is 0 Å². The first-order chi connectivity index (χ1) is 7.72. The van der Waals surface area contributed by atoms with Gasteiger partial charge in [-0.1, -0.05) is 43.7 Å². The maximum atomic E-state index is 3.61. The van der Waals surface area contributed by atoms with Crippen molar-refractivity contribution < 1.29 is 0 Å². The fraction of sp³-hybridized carbons (Fsp3) is 0.600. The normalized spacial score (nSPS) is 29.6. The average molecular weight is 217 g/mol. The summed E-state index contributed by atoms with van der Waals surface area (Å²) in [6.07, 6.45) is 2.66. The van der Waals surface area contributed by atoms with Crippen LogP contribution in [0.5, 0.6) is 0 Å². The second-order valence-electron chi connectivity index (χ2n) is 5.12. The third-order valence-corrected chi connectivity index (χ3v) is 3.99. The van der Waals surface area contributed by atoms with Crippen LogP contribution >= 0.6 is 0 Å². The molecule has 0 amide bonds. The third kappa shape index (κ3) is 2.30. The molecule has 1 fully saturated rings. The fourth-order valence-corrected chi connectivity index (χ4v) is 3.09. The van der Waals surface area contributed by atoms with Gasteiger partial charge in [-0.2, -0.15) is 0 Å². The van der Waals surface area contributed by atoms with E-state index in [1.54, 1.807) is 0 Å². The van der Waals surface area contributed by atoms with Gasteiger partial charge in [0, 0.05) is 6.04 Å². The zero-order valence-electron chi connectivity index (χ0n) is 10.7. The van der Waals surface area contributed by atoms with Crippen LogP contribution in [0, 0.1) is 12.8 Å². The summed E-state index contributed by atoms with van der Waals surface area (Å²) in [4.78, 5) is 0. The lowest BCUT2D eigenvalue weighted by molar-refractivity contribution is 0.412. The van der Waals surface area contributed by atoms with E-state index in [0.717, 1.165) is 24.4 Å². The van der Waals surface area contributed by atoms with Crippen molar-refractivity contribution in [2.24, 2.45) is 5.92 Å². The van der Waals surface area contributed by atoms with Crippen LogP contribution in [0.15, 0.2) is 24.3 Å². The molecule has 1 aromatic rings. The van der Waals surface area contributed by atoms with Crippen molar-refractivity contribution >= 4 is 0 Å². The first kappa shape index (κ1) is 11.7. The molecule has 1 aromatic carbocycles. The SMILES string of the molecule is CCNC1CCC(c2cccc(C)c2)C1C. The quantitative estimate of drug-likeness (QED) is 0.817. The Morgan fingerprint density at radius 2 is 2.12 bits per heavy atom. The standard InChI is InChI=1S/C15H23N/c1-4-16-15-9-8-14(12(15)3)13-7-5-6-11(2)10-13/h5-7,10,12,14-16H,4,8-9H2,1-3H3. The highest BCUT2D eigenvalue weighted by Crippen LogP contribution is 2.39. The topological polar surface area (TPSA) is 12.0 Å². The van der Waals surface area contributed by atoms with Gasteiger partial charge in [0.15, 0.2) is 0 Å². The Bertz CT molecular complexity index is 345. The Balaban J connectivity index is 2.12. The molecule has 88 valence electrons. The summed E-state index contributed by atoms with van der Waals surface area (Å²) in [5, 5.41) is 3.61. The lowest BCUT2D eigenvalue weighted by Crippen LogP contribution is -2.32. The van der Waals surface area contributed by atoms with E-state index < -0.39 is 0 Å². The maximum absolute atomic E-state index is 3.61. The molecule has 1 N–H and O–H groups in total. The van der Waals surface area contributed by atoms with Crippen LogP contribution in [0.2, 0.25) is 0 Å². The first-order valence-corrected chi connectivity index (χ1v) is 6.52. The smallest absolute Gasteiger partial charge is 0.00986 e. The molecule has 1 saturated carbocycles. The number of rotatable bonds is 3. The Labute approximate surface area is 99.3 Å². The molecule has 0 aromatic heterocycles. The predicted molar refractivity (Wildman–Crippen MR) is 69.8 cm³/mol. The Kier molecular flexibility index (Phi) is 3.65. The summed E-state index contributed by atoms with van der Waals surface area (Å²) in [6, 6.07) is 9.75. The second kappa shape index (κ2) is 5.01. The van der Waals surface area contributed by atoms with Gasteiger partial charge in [-0.3, -0.25) is 0 Å². The molecule has 0 saturated heterocycles. The number of hydrogen-bond acceptors (Lipinski definition) is 1.